The van der Waals surface area contributed by atoms with Gasteiger partial charge in [0.05, 0.1) is 16.3 Å². The van der Waals surface area contributed by atoms with E-state index in [4.69, 9.17) is 0 Å². The van der Waals surface area contributed by atoms with Crippen LogP contribution in [-0.2, 0) is 0 Å². The first-order valence-electron chi connectivity index (χ1n) is 7.40. The zero-order valence-electron chi connectivity index (χ0n) is 13.6. The zero-order chi connectivity index (χ0) is 17.8. The molecule has 0 bridgehead atoms. The molecular weight excluding hydrogens is 354 g/mol. The second kappa shape index (κ2) is 7.56. The quantitative estimate of drug-likeness (QED) is 0.555. The van der Waals surface area contributed by atoms with Crippen LogP contribution in [0.2, 0.25) is 0 Å². The van der Waals surface area contributed by atoms with Gasteiger partial charge in [-0.05, 0) is 31.5 Å². The van der Waals surface area contributed by atoms with Crippen LogP contribution in [0.5, 0.6) is 0 Å². The number of aldehydes is 1. The van der Waals surface area contributed by atoms with E-state index in [2.05, 4.69) is 25.7 Å². The molecule has 8 heteroatoms. The van der Waals surface area contributed by atoms with E-state index in [0.29, 0.717) is 5.69 Å². The first-order valence-corrected chi connectivity index (χ1v) is 9.10. The number of fused-ring (bicyclic) bond motifs is 1. The standard InChI is InChI=1S/C16H10N4OS2.CH5N/c1-9-15(23-16(19-9)10-5-17-8-18-6-10)12-4-14-11(2-3-22-14)13(7-21)20-12;1-2/h2-8H,1H3;2H2,1H3. The smallest absolute Gasteiger partial charge is 0.169 e. The molecule has 4 aromatic heterocycles. The largest absolute Gasteiger partial charge is 0.333 e. The van der Waals surface area contributed by atoms with Gasteiger partial charge in [0.1, 0.15) is 17.0 Å². The van der Waals surface area contributed by atoms with E-state index in [9.17, 15) is 4.79 Å². The highest BCUT2D eigenvalue weighted by Gasteiger charge is 2.15. The van der Waals surface area contributed by atoms with E-state index in [1.807, 2.05) is 24.4 Å². The third-order valence-corrected chi connectivity index (χ3v) is 5.52. The van der Waals surface area contributed by atoms with Crippen molar-refractivity contribution < 1.29 is 4.79 Å². The van der Waals surface area contributed by atoms with Gasteiger partial charge in [-0.15, -0.1) is 22.7 Å². The molecule has 0 radical (unpaired) electrons. The fourth-order valence-electron chi connectivity index (χ4n) is 2.36. The maximum Gasteiger partial charge on any atom is 0.169 e. The number of aryl methyl sites for hydroxylation is 1. The van der Waals surface area contributed by atoms with Crippen molar-refractivity contribution in [2.24, 2.45) is 5.73 Å². The van der Waals surface area contributed by atoms with Crippen molar-refractivity contribution >= 4 is 39.0 Å². The number of aromatic nitrogens is 4. The number of pyridine rings is 1. The van der Waals surface area contributed by atoms with E-state index in [1.54, 1.807) is 23.7 Å². The Hall–Kier alpha value is -2.55. The lowest BCUT2D eigenvalue weighted by Crippen LogP contribution is -1.91. The first kappa shape index (κ1) is 17.3. The van der Waals surface area contributed by atoms with Gasteiger partial charge in [-0.2, -0.15) is 0 Å². The van der Waals surface area contributed by atoms with Gasteiger partial charge in [-0.25, -0.2) is 19.9 Å². The summed E-state index contributed by atoms with van der Waals surface area (Å²) in [5.74, 6) is 0. The minimum atomic E-state index is 0.469. The molecular formula is C17H15N5OS2. The molecule has 2 N–H and O–H groups in total. The van der Waals surface area contributed by atoms with Gasteiger partial charge in [0, 0.05) is 28.0 Å². The summed E-state index contributed by atoms with van der Waals surface area (Å²) in [5, 5.41) is 3.71. The van der Waals surface area contributed by atoms with Crippen LogP contribution in [0.4, 0.5) is 0 Å². The topological polar surface area (TPSA) is 94.6 Å². The fourth-order valence-corrected chi connectivity index (χ4v) is 4.20. The van der Waals surface area contributed by atoms with Crippen molar-refractivity contribution in [1.29, 1.82) is 0 Å². The number of carbonyl (C=O) groups is 1. The van der Waals surface area contributed by atoms with Gasteiger partial charge in [0.2, 0.25) is 0 Å². The van der Waals surface area contributed by atoms with E-state index in [-0.39, 0.29) is 0 Å². The Morgan fingerprint density at radius 2 is 1.92 bits per heavy atom. The maximum absolute atomic E-state index is 11.3. The molecule has 4 rings (SSSR count). The highest BCUT2D eigenvalue weighted by atomic mass is 32.1. The third-order valence-electron chi connectivity index (χ3n) is 3.43. The molecule has 0 saturated heterocycles. The van der Waals surface area contributed by atoms with Crippen LogP contribution < -0.4 is 5.73 Å². The van der Waals surface area contributed by atoms with Crippen LogP contribution in [0.15, 0.2) is 36.2 Å². The second-order valence-electron chi connectivity index (χ2n) is 4.90. The Morgan fingerprint density at radius 1 is 1.16 bits per heavy atom. The van der Waals surface area contributed by atoms with Gasteiger partial charge >= 0.3 is 0 Å². The minimum absolute atomic E-state index is 0.469. The van der Waals surface area contributed by atoms with Crippen LogP contribution in [0.1, 0.15) is 16.2 Å². The van der Waals surface area contributed by atoms with E-state index in [1.165, 1.54) is 24.7 Å². The Balaban J connectivity index is 0.000000880. The number of carbonyl (C=O) groups excluding carboxylic acids is 1. The van der Waals surface area contributed by atoms with Crippen LogP contribution in [0.3, 0.4) is 0 Å². The molecule has 0 aromatic carbocycles. The van der Waals surface area contributed by atoms with Gasteiger partial charge < -0.3 is 5.73 Å². The van der Waals surface area contributed by atoms with Crippen molar-refractivity contribution in [3.63, 3.8) is 0 Å². The number of rotatable bonds is 3. The van der Waals surface area contributed by atoms with E-state index < -0.39 is 0 Å². The van der Waals surface area contributed by atoms with Gasteiger partial charge in [-0.1, -0.05) is 0 Å². The molecule has 6 nitrogen and oxygen atoms in total. The lowest BCUT2D eigenvalue weighted by molar-refractivity contribution is 0.112. The van der Waals surface area contributed by atoms with Crippen LogP contribution >= 0.6 is 22.7 Å². The molecule has 0 unspecified atom stereocenters. The molecule has 0 spiro atoms. The predicted molar refractivity (Wildman–Crippen MR) is 102 cm³/mol. The van der Waals surface area contributed by atoms with Crippen molar-refractivity contribution in [3.05, 3.63) is 47.6 Å². The molecule has 126 valence electrons. The maximum atomic E-state index is 11.3. The van der Waals surface area contributed by atoms with Crippen LogP contribution in [-0.4, -0.2) is 33.3 Å². The Labute approximate surface area is 152 Å². The summed E-state index contributed by atoms with van der Waals surface area (Å²) in [7, 11) is 1.50. The first-order chi connectivity index (χ1) is 12.3. The number of thiazole rings is 1. The Kier molecular flexibility index (Phi) is 5.22. The van der Waals surface area contributed by atoms with Gasteiger partial charge in [-0.3, -0.25) is 4.79 Å². The van der Waals surface area contributed by atoms with Crippen LogP contribution in [0, 0.1) is 6.92 Å². The number of hydrogen-bond acceptors (Lipinski definition) is 8. The van der Waals surface area contributed by atoms with E-state index >= 15 is 0 Å². The highest BCUT2D eigenvalue weighted by molar-refractivity contribution is 7.19. The average molecular weight is 369 g/mol. The molecule has 0 atom stereocenters. The fraction of sp³-hybridized carbons (Fsp3) is 0.118. The average Bonchev–Trinajstić information content (AvgIpc) is 3.29. The molecule has 4 heterocycles. The van der Waals surface area contributed by atoms with Crippen LogP contribution in [0.25, 0.3) is 31.2 Å². The zero-order valence-corrected chi connectivity index (χ0v) is 15.3. The summed E-state index contributed by atoms with van der Waals surface area (Å²) < 4.78 is 1.05. The molecule has 0 aliphatic rings. The molecule has 0 amide bonds. The summed E-state index contributed by atoms with van der Waals surface area (Å²) in [6.07, 6.45) is 5.78. The number of nitrogens with two attached hydrogens (primary N) is 1. The molecule has 0 fully saturated rings. The number of nitrogens with zero attached hydrogens (tertiary/aromatic N) is 4. The molecule has 4 aromatic rings. The predicted octanol–water partition coefficient (Wildman–Crippen LogP) is 3.57. The van der Waals surface area contributed by atoms with Crippen molar-refractivity contribution in [3.8, 4) is 21.1 Å². The molecule has 25 heavy (non-hydrogen) atoms. The van der Waals surface area contributed by atoms with E-state index in [0.717, 1.165) is 43.2 Å². The number of thiophene rings is 1. The lowest BCUT2D eigenvalue weighted by atomic mass is 10.2. The molecule has 0 saturated carbocycles. The molecule has 0 aliphatic heterocycles. The van der Waals surface area contributed by atoms with Crippen molar-refractivity contribution in [1.82, 2.24) is 19.9 Å². The summed E-state index contributed by atoms with van der Waals surface area (Å²) in [5.41, 5.74) is 7.50. The van der Waals surface area contributed by atoms with Gasteiger partial charge in [0.15, 0.2) is 6.29 Å². The van der Waals surface area contributed by atoms with Crippen molar-refractivity contribution in [2.75, 3.05) is 7.05 Å². The summed E-state index contributed by atoms with van der Waals surface area (Å²) in [6, 6.07) is 3.94. The monoisotopic (exact) mass is 369 g/mol. The normalized spacial score (nSPS) is 10.4. The number of hydrogen-bond donors (Lipinski definition) is 1. The molecule has 0 aliphatic carbocycles. The summed E-state index contributed by atoms with van der Waals surface area (Å²) in [6.45, 7) is 1.94. The summed E-state index contributed by atoms with van der Waals surface area (Å²) >= 11 is 3.13. The van der Waals surface area contributed by atoms with Gasteiger partial charge in [0.25, 0.3) is 0 Å². The lowest BCUT2D eigenvalue weighted by Gasteiger charge is -2.01. The van der Waals surface area contributed by atoms with Crippen molar-refractivity contribution in [2.45, 2.75) is 6.92 Å². The summed E-state index contributed by atoms with van der Waals surface area (Å²) in [4.78, 5) is 29.4. The SMILES string of the molecule is CN.Cc1nc(-c2cncnc2)sc1-c1cc2sccc2c(C=O)n1. The Morgan fingerprint density at radius 3 is 2.64 bits per heavy atom. The minimum Gasteiger partial charge on any atom is -0.333 e. The Bertz CT molecular complexity index is 1010. The highest BCUT2D eigenvalue weighted by Crippen LogP contribution is 2.36. The third kappa shape index (κ3) is 3.32. The second-order valence-corrected chi connectivity index (χ2v) is 6.85.